The lowest BCUT2D eigenvalue weighted by atomic mass is 10.1. The molecular weight excluding hydrogens is 641 g/mol. The fraction of sp³-hybridized carbons (Fsp3) is 0.647. The molecule has 0 atom stereocenters. The molecule has 53 heavy (non-hydrogen) atoms. The minimum atomic E-state index is 0.951. The van der Waals surface area contributed by atoms with Gasteiger partial charge in [0, 0.05) is 31.9 Å². The summed E-state index contributed by atoms with van der Waals surface area (Å²) in [4.78, 5) is 10.2. The highest BCUT2D eigenvalue weighted by Gasteiger charge is 2.05. The molecule has 0 saturated heterocycles. The summed E-state index contributed by atoms with van der Waals surface area (Å²) in [5.41, 5.74) is 5.84. The molecule has 2 rings (SSSR count). The Balaban J connectivity index is 1.83. The number of benzene rings is 2. The summed E-state index contributed by atoms with van der Waals surface area (Å²) < 4.78 is 0. The maximum absolute atomic E-state index is 5.21. The van der Waals surface area contributed by atoms with Gasteiger partial charge in [0.05, 0.1) is 17.1 Å². The van der Waals surface area contributed by atoms with E-state index in [2.05, 4.69) is 93.0 Å². The van der Waals surface area contributed by atoms with Crippen LogP contribution >= 0.6 is 0 Å². The molecule has 0 bridgehead atoms. The van der Waals surface area contributed by atoms with Crippen molar-refractivity contribution in [3.63, 3.8) is 0 Å². The molecule has 0 aliphatic carbocycles. The minimum absolute atomic E-state index is 0.951. The zero-order chi connectivity index (χ0) is 37.7. The van der Waals surface area contributed by atoms with Crippen LogP contribution in [0.15, 0.2) is 58.5 Å². The van der Waals surface area contributed by atoms with Crippen molar-refractivity contribution in [1.29, 1.82) is 0 Å². The smallest absolute Gasteiger partial charge is 0.0665 e. The molecule has 0 heterocycles. The zero-order valence-electron chi connectivity index (χ0n) is 34.8. The van der Waals surface area contributed by atoms with Crippen LogP contribution in [0, 0.1) is 23.7 Å². The van der Waals surface area contributed by atoms with Gasteiger partial charge in [-0.1, -0.05) is 173 Å². The molecule has 0 saturated carbocycles. The molecule has 0 radical (unpaired) electrons. The third-order valence-electron chi connectivity index (χ3n) is 10.2. The topological polar surface area (TPSA) is 24.7 Å². The first-order valence-electron chi connectivity index (χ1n) is 22.5. The standard InChI is InChI=1S/C51H78N2/c1-4-7-10-12-14-16-18-20-22-24-26-28-30-33-39-47-41-35-37-44-50(47)52-46-49(43-32-9-6-3)53-51-45-38-36-42-48(51)40-34-31-29-27-25-23-21-19-17-15-13-11-8-5-2/h35-38,41-42,44-46H,4-25,30-34,39-40,43H2,1-3H3. The lowest BCUT2D eigenvalue weighted by Gasteiger charge is -2.08. The maximum Gasteiger partial charge on any atom is 0.0665 e. The Morgan fingerprint density at radius 3 is 1.30 bits per heavy atom. The van der Waals surface area contributed by atoms with E-state index in [1.165, 1.54) is 140 Å². The van der Waals surface area contributed by atoms with Crippen LogP contribution in [0.2, 0.25) is 0 Å². The summed E-state index contributed by atoms with van der Waals surface area (Å²) in [5, 5.41) is 0. The van der Waals surface area contributed by atoms with Crippen molar-refractivity contribution in [2.75, 3.05) is 0 Å². The van der Waals surface area contributed by atoms with Gasteiger partial charge >= 0.3 is 0 Å². The summed E-state index contributed by atoms with van der Waals surface area (Å²) >= 11 is 0. The lowest BCUT2D eigenvalue weighted by molar-refractivity contribution is 0.567. The first-order valence-corrected chi connectivity index (χ1v) is 22.5. The summed E-state index contributed by atoms with van der Waals surface area (Å²) in [6, 6.07) is 17.3. The molecule has 0 aromatic heterocycles. The Bertz CT molecular complexity index is 1340. The summed E-state index contributed by atoms with van der Waals surface area (Å²) in [6.45, 7) is 6.84. The highest BCUT2D eigenvalue weighted by atomic mass is 14.8. The number of hydrogen-bond acceptors (Lipinski definition) is 2. The molecule has 0 aliphatic rings. The van der Waals surface area contributed by atoms with Gasteiger partial charge in [-0.05, 0) is 74.6 Å². The molecule has 0 unspecified atom stereocenters. The van der Waals surface area contributed by atoms with Gasteiger partial charge in [0.25, 0.3) is 0 Å². The van der Waals surface area contributed by atoms with Crippen molar-refractivity contribution in [3.05, 3.63) is 59.7 Å². The molecule has 2 nitrogen and oxygen atoms in total. The third-order valence-corrected chi connectivity index (χ3v) is 10.2. The molecule has 2 aromatic rings. The van der Waals surface area contributed by atoms with Crippen LogP contribution in [-0.2, 0) is 12.8 Å². The van der Waals surface area contributed by atoms with Crippen LogP contribution in [0.5, 0.6) is 0 Å². The van der Waals surface area contributed by atoms with Gasteiger partial charge in [-0.2, -0.15) is 0 Å². The van der Waals surface area contributed by atoms with Crippen molar-refractivity contribution in [3.8, 4) is 23.7 Å². The lowest BCUT2D eigenvalue weighted by Crippen LogP contribution is -2.01. The second kappa shape index (κ2) is 34.7. The van der Waals surface area contributed by atoms with Crippen LogP contribution in [0.1, 0.15) is 212 Å². The van der Waals surface area contributed by atoms with Gasteiger partial charge < -0.3 is 0 Å². The Labute approximate surface area is 329 Å². The quantitative estimate of drug-likeness (QED) is 0.0421. The van der Waals surface area contributed by atoms with Crippen LogP contribution in [0.4, 0.5) is 11.4 Å². The fourth-order valence-electron chi connectivity index (χ4n) is 6.82. The van der Waals surface area contributed by atoms with Crippen molar-refractivity contribution in [1.82, 2.24) is 0 Å². The van der Waals surface area contributed by atoms with E-state index in [0.717, 1.165) is 81.3 Å². The SMILES string of the molecule is CCCCCCCCCCCC#CCCCc1ccccc1N=CC(CCCCC)=Nc1ccccc1CCCC#CCCCCCCCCCCC. The number of hydrogen-bond donors (Lipinski definition) is 0. The molecule has 0 spiro atoms. The van der Waals surface area contributed by atoms with E-state index < -0.39 is 0 Å². The van der Waals surface area contributed by atoms with E-state index in [1.807, 2.05) is 6.21 Å². The van der Waals surface area contributed by atoms with E-state index in [-0.39, 0.29) is 0 Å². The average Bonchev–Trinajstić information content (AvgIpc) is 3.18. The number of para-hydroxylation sites is 2. The molecule has 2 aromatic carbocycles. The molecule has 0 fully saturated rings. The van der Waals surface area contributed by atoms with Crippen molar-refractivity contribution in [2.24, 2.45) is 9.98 Å². The molecule has 2 heteroatoms. The first-order chi connectivity index (χ1) is 26.3. The molecule has 292 valence electrons. The van der Waals surface area contributed by atoms with E-state index in [4.69, 9.17) is 9.98 Å². The van der Waals surface area contributed by atoms with Crippen molar-refractivity contribution in [2.45, 2.75) is 213 Å². The van der Waals surface area contributed by atoms with Crippen LogP contribution in [0.3, 0.4) is 0 Å². The molecule has 0 N–H and O–H groups in total. The van der Waals surface area contributed by atoms with Crippen molar-refractivity contribution >= 4 is 23.3 Å². The number of unbranched alkanes of at least 4 members (excludes halogenated alkanes) is 22. The second-order valence-electron chi connectivity index (χ2n) is 15.1. The van der Waals surface area contributed by atoms with E-state index in [9.17, 15) is 0 Å². The maximum atomic E-state index is 5.21. The normalized spacial score (nSPS) is 11.4. The van der Waals surface area contributed by atoms with Gasteiger partial charge in [-0.3, -0.25) is 9.98 Å². The number of aliphatic imine (C=N–C) groups is 2. The van der Waals surface area contributed by atoms with Gasteiger partial charge in [-0.15, -0.1) is 23.7 Å². The van der Waals surface area contributed by atoms with Gasteiger partial charge in [0.1, 0.15) is 0 Å². The van der Waals surface area contributed by atoms with Crippen molar-refractivity contribution < 1.29 is 0 Å². The van der Waals surface area contributed by atoms with E-state index >= 15 is 0 Å². The van der Waals surface area contributed by atoms with Crippen LogP contribution in [0.25, 0.3) is 0 Å². The van der Waals surface area contributed by atoms with E-state index in [0.29, 0.717) is 0 Å². The second-order valence-corrected chi connectivity index (χ2v) is 15.1. The Morgan fingerprint density at radius 1 is 0.434 bits per heavy atom. The van der Waals surface area contributed by atoms with Gasteiger partial charge in [0.15, 0.2) is 0 Å². The largest absolute Gasteiger partial charge is 0.255 e. The number of nitrogens with zero attached hydrogens (tertiary/aromatic N) is 2. The fourth-order valence-corrected chi connectivity index (χ4v) is 6.82. The third kappa shape index (κ3) is 25.5. The Hall–Kier alpha value is -3.10. The summed E-state index contributed by atoms with van der Waals surface area (Å²) in [7, 11) is 0. The molecule has 0 aliphatic heterocycles. The molecular formula is C51H78N2. The highest BCUT2D eigenvalue weighted by molar-refractivity contribution is 6.31. The minimum Gasteiger partial charge on any atom is -0.255 e. The predicted octanol–water partition coefficient (Wildman–Crippen LogP) is 16.2. The number of rotatable bonds is 31. The molecule has 0 amide bonds. The Kier molecular flexibility index (Phi) is 30.1. The predicted molar refractivity (Wildman–Crippen MR) is 237 cm³/mol. The Morgan fingerprint density at radius 2 is 0.811 bits per heavy atom. The first kappa shape index (κ1) is 46.1. The monoisotopic (exact) mass is 719 g/mol. The van der Waals surface area contributed by atoms with Crippen LogP contribution < -0.4 is 0 Å². The van der Waals surface area contributed by atoms with Gasteiger partial charge in [0.2, 0.25) is 0 Å². The average molecular weight is 719 g/mol. The van der Waals surface area contributed by atoms with Crippen LogP contribution in [-0.4, -0.2) is 11.9 Å². The van der Waals surface area contributed by atoms with E-state index in [1.54, 1.807) is 0 Å². The van der Waals surface area contributed by atoms with Gasteiger partial charge in [-0.25, -0.2) is 0 Å². The summed E-state index contributed by atoms with van der Waals surface area (Å²) in [6.07, 6.45) is 39.4. The number of aryl methyl sites for hydroxylation is 2. The zero-order valence-corrected chi connectivity index (χ0v) is 34.8. The highest BCUT2D eigenvalue weighted by Crippen LogP contribution is 2.24. The summed E-state index contributed by atoms with van der Waals surface area (Å²) in [5.74, 6) is 13.8.